The molecule has 0 aliphatic carbocycles. The Bertz CT molecular complexity index is 808. The molecule has 7 heteroatoms. The molecule has 0 saturated carbocycles. The van der Waals surface area contributed by atoms with Crippen LogP contribution in [0.15, 0.2) is 59.5 Å². The number of primary amides is 1. The number of nitrogens with zero attached hydrogens (tertiary/aromatic N) is 2. The van der Waals surface area contributed by atoms with E-state index >= 15 is 0 Å². The molecule has 2 amide bonds. The van der Waals surface area contributed by atoms with E-state index in [0.717, 1.165) is 10.5 Å². The van der Waals surface area contributed by atoms with Crippen molar-refractivity contribution in [3.63, 3.8) is 0 Å². The number of benzene rings is 2. The highest BCUT2D eigenvalue weighted by Crippen LogP contribution is 2.26. The maximum absolute atomic E-state index is 12.8. The molecule has 1 fully saturated rings. The molecule has 0 unspecified atom stereocenters. The summed E-state index contributed by atoms with van der Waals surface area (Å²) in [4.78, 5) is 29.9. The van der Waals surface area contributed by atoms with Crippen LogP contribution in [-0.4, -0.2) is 53.0 Å². The summed E-state index contributed by atoms with van der Waals surface area (Å²) in [6.45, 7) is 4.30. The quantitative estimate of drug-likeness (QED) is 0.733. The summed E-state index contributed by atoms with van der Waals surface area (Å²) in [7, 11) is 0. The van der Waals surface area contributed by atoms with Crippen molar-refractivity contribution in [2.75, 3.05) is 26.2 Å². The van der Waals surface area contributed by atoms with E-state index in [4.69, 9.17) is 17.3 Å². The summed E-state index contributed by atoms with van der Waals surface area (Å²) in [5.41, 5.74) is 6.49. The highest BCUT2D eigenvalue weighted by Gasteiger charge is 2.31. The van der Waals surface area contributed by atoms with Crippen LogP contribution in [0.1, 0.15) is 18.5 Å². The van der Waals surface area contributed by atoms with Gasteiger partial charge in [-0.05, 0) is 36.8 Å². The van der Waals surface area contributed by atoms with Crippen molar-refractivity contribution >= 4 is 35.2 Å². The van der Waals surface area contributed by atoms with Gasteiger partial charge >= 0.3 is 0 Å². The van der Waals surface area contributed by atoms with Gasteiger partial charge in [-0.1, -0.05) is 41.9 Å². The Morgan fingerprint density at radius 3 is 2.18 bits per heavy atom. The molecule has 1 aliphatic heterocycles. The van der Waals surface area contributed by atoms with Gasteiger partial charge in [0.25, 0.3) is 0 Å². The molecule has 1 heterocycles. The van der Waals surface area contributed by atoms with Crippen molar-refractivity contribution in [2.24, 2.45) is 5.73 Å². The minimum Gasteiger partial charge on any atom is -0.368 e. The number of carbonyl (C=O) groups excluding carboxylic acids is 2. The molecule has 2 aromatic rings. The zero-order chi connectivity index (χ0) is 20.1. The number of thioether (sulfide) groups is 1. The fourth-order valence-corrected chi connectivity index (χ4v) is 4.51. The smallest absolute Gasteiger partial charge is 0.239 e. The summed E-state index contributed by atoms with van der Waals surface area (Å²) >= 11 is 7.51. The Labute approximate surface area is 174 Å². The predicted molar refractivity (Wildman–Crippen MR) is 113 cm³/mol. The fourth-order valence-electron chi connectivity index (χ4n) is 3.41. The lowest BCUT2D eigenvalue weighted by Gasteiger charge is -2.39. The number of hydrogen-bond donors (Lipinski definition) is 1. The molecule has 0 radical (unpaired) electrons. The Balaban J connectivity index is 1.60. The summed E-state index contributed by atoms with van der Waals surface area (Å²) in [5.74, 6) is -0.272. The van der Waals surface area contributed by atoms with E-state index in [2.05, 4.69) is 0 Å². The van der Waals surface area contributed by atoms with E-state index in [0.29, 0.717) is 31.2 Å². The van der Waals surface area contributed by atoms with Gasteiger partial charge in [0, 0.05) is 36.1 Å². The van der Waals surface area contributed by atoms with E-state index in [9.17, 15) is 9.59 Å². The highest BCUT2D eigenvalue weighted by molar-refractivity contribution is 8.00. The van der Waals surface area contributed by atoms with Gasteiger partial charge in [0.2, 0.25) is 11.8 Å². The minimum absolute atomic E-state index is 0.121. The first-order valence-corrected chi connectivity index (χ1v) is 10.5. The van der Waals surface area contributed by atoms with Crippen molar-refractivity contribution < 1.29 is 9.59 Å². The van der Waals surface area contributed by atoms with E-state index in [1.807, 2.05) is 59.2 Å². The maximum atomic E-state index is 12.8. The van der Waals surface area contributed by atoms with E-state index < -0.39 is 11.9 Å². The highest BCUT2D eigenvalue weighted by atomic mass is 35.5. The van der Waals surface area contributed by atoms with Gasteiger partial charge in [0.15, 0.2) is 0 Å². The molecule has 28 heavy (non-hydrogen) atoms. The lowest BCUT2D eigenvalue weighted by molar-refractivity contribution is -0.133. The molecule has 0 spiro atoms. The Hall–Kier alpha value is -2.02. The molecular weight excluding hydrogens is 394 g/mol. The topological polar surface area (TPSA) is 66.6 Å². The molecule has 0 bridgehead atoms. The van der Waals surface area contributed by atoms with E-state index in [-0.39, 0.29) is 11.2 Å². The van der Waals surface area contributed by atoms with Crippen LogP contribution in [0.5, 0.6) is 0 Å². The SMILES string of the molecule is C[C@H](Sc1ccccc1)C(=O)N1CCN([C@@H](C(N)=O)c2ccc(Cl)cc2)CC1. The number of nitrogens with two attached hydrogens (primary N) is 1. The lowest BCUT2D eigenvalue weighted by Crippen LogP contribution is -2.53. The number of carbonyl (C=O) groups is 2. The van der Waals surface area contributed by atoms with Crippen molar-refractivity contribution in [1.82, 2.24) is 9.80 Å². The molecule has 3 rings (SSSR count). The largest absolute Gasteiger partial charge is 0.368 e. The number of halogens is 1. The molecule has 2 aromatic carbocycles. The average Bonchev–Trinajstić information content (AvgIpc) is 2.70. The predicted octanol–water partition coefficient (Wildman–Crippen LogP) is 3.19. The van der Waals surface area contributed by atoms with Crippen LogP contribution in [0.2, 0.25) is 5.02 Å². The van der Waals surface area contributed by atoms with Crippen LogP contribution in [0.3, 0.4) is 0 Å². The number of rotatable bonds is 6. The number of amides is 2. The third-order valence-corrected chi connectivity index (χ3v) is 6.20. The number of piperazine rings is 1. The van der Waals surface area contributed by atoms with Crippen molar-refractivity contribution in [1.29, 1.82) is 0 Å². The van der Waals surface area contributed by atoms with E-state index in [1.165, 1.54) is 0 Å². The first-order chi connectivity index (χ1) is 13.5. The molecule has 1 saturated heterocycles. The van der Waals surface area contributed by atoms with Crippen molar-refractivity contribution in [3.8, 4) is 0 Å². The zero-order valence-corrected chi connectivity index (χ0v) is 17.3. The van der Waals surface area contributed by atoms with Gasteiger partial charge in [-0.15, -0.1) is 11.8 Å². The summed E-state index contributed by atoms with van der Waals surface area (Å²) < 4.78 is 0. The Morgan fingerprint density at radius 1 is 1.00 bits per heavy atom. The van der Waals surface area contributed by atoms with Crippen LogP contribution in [0, 0.1) is 0 Å². The van der Waals surface area contributed by atoms with Gasteiger partial charge in [0.05, 0.1) is 5.25 Å². The first-order valence-electron chi connectivity index (χ1n) is 9.25. The Kier molecular flexibility index (Phi) is 6.99. The fraction of sp³-hybridized carbons (Fsp3) is 0.333. The van der Waals surface area contributed by atoms with Crippen LogP contribution in [0.4, 0.5) is 0 Å². The van der Waals surface area contributed by atoms with Crippen molar-refractivity contribution in [3.05, 3.63) is 65.2 Å². The maximum Gasteiger partial charge on any atom is 0.239 e. The van der Waals surface area contributed by atoms with Gasteiger partial charge < -0.3 is 10.6 Å². The van der Waals surface area contributed by atoms with Gasteiger partial charge in [0.1, 0.15) is 6.04 Å². The van der Waals surface area contributed by atoms with Crippen LogP contribution in [-0.2, 0) is 9.59 Å². The molecule has 2 atom stereocenters. The monoisotopic (exact) mass is 417 g/mol. The van der Waals surface area contributed by atoms with Gasteiger partial charge in [-0.2, -0.15) is 0 Å². The number of hydrogen-bond acceptors (Lipinski definition) is 4. The standard InChI is InChI=1S/C21H24ClN3O2S/c1-15(28-18-5-3-2-4-6-18)21(27)25-13-11-24(12-14-25)19(20(23)26)16-7-9-17(22)10-8-16/h2-10,15,19H,11-14H2,1H3,(H2,23,26)/t15-,19+/m0/s1. The lowest BCUT2D eigenvalue weighted by atomic mass is 10.0. The average molecular weight is 418 g/mol. The third-order valence-electron chi connectivity index (χ3n) is 4.85. The van der Waals surface area contributed by atoms with Crippen LogP contribution < -0.4 is 5.73 Å². The Morgan fingerprint density at radius 2 is 1.61 bits per heavy atom. The molecular formula is C21H24ClN3O2S. The minimum atomic E-state index is -0.509. The first kappa shape index (κ1) is 20.7. The van der Waals surface area contributed by atoms with E-state index in [1.54, 1.807) is 23.9 Å². The third kappa shape index (κ3) is 5.07. The van der Waals surface area contributed by atoms with Crippen molar-refractivity contribution in [2.45, 2.75) is 23.1 Å². The second-order valence-corrected chi connectivity index (χ2v) is 8.64. The molecule has 5 nitrogen and oxygen atoms in total. The zero-order valence-electron chi connectivity index (χ0n) is 15.8. The summed E-state index contributed by atoms with van der Waals surface area (Å²) in [5, 5.41) is 0.462. The summed E-state index contributed by atoms with van der Waals surface area (Å²) in [6, 6.07) is 16.6. The second-order valence-electron chi connectivity index (χ2n) is 6.79. The van der Waals surface area contributed by atoms with Gasteiger partial charge in [-0.3, -0.25) is 14.5 Å². The second kappa shape index (κ2) is 9.45. The normalized spacial score (nSPS) is 17.1. The molecule has 0 aromatic heterocycles. The summed E-state index contributed by atoms with van der Waals surface area (Å²) in [6.07, 6.45) is 0. The van der Waals surface area contributed by atoms with Crippen LogP contribution in [0.25, 0.3) is 0 Å². The molecule has 1 aliphatic rings. The van der Waals surface area contributed by atoms with Crippen LogP contribution >= 0.6 is 23.4 Å². The molecule has 148 valence electrons. The van der Waals surface area contributed by atoms with Gasteiger partial charge in [-0.25, -0.2) is 0 Å². The molecule has 2 N–H and O–H groups in total.